The van der Waals surface area contributed by atoms with Crippen molar-refractivity contribution in [1.82, 2.24) is 14.6 Å². The van der Waals surface area contributed by atoms with Crippen LogP contribution in [0.25, 0.3) is 5.52 Å². The molecule has 0 aliphatic carbocycles. The van der Waals surface area contributed by atoms with Crippen LogP contribution in [0.15, 0.2) is 36.7 Å². The zero-order chi connectivity index (χ0) is 40.4. The van der Waals surface area contributed by atoms with Crippen molar-refractivity contribution in [1.29, 1.82) is 10.5 Å². The zero-order valence-corrected chi connectivity index (χ0v) is 33.3. The van der Waals surface area contributed by atoms with Gasteiger partial charge in [0, 0.05) is 6.07 Å². The van der Waals surface area contributed by atoms with Crippen LogP contribution in [0.2, 0.25) is 0 Å². The van der Waals surface area contributed by atoms with Gasteiger partial charge in [-0.05, 0) is 37.1 Å². The predicted octanol–water partition coefficient (Wildman–Crippen LogP) is 8.00. The van der Waals surface area contributed by atoms with Gasteiger partial charge < -0.3 is 30.3 Å². The number of ether oxygens (including phenoxy) is 2. The molecule has 5 N–H and O–H groups in total. The Kier molecular flexibility index (Phi) is 18.4. The van der Waals surface area contributed by atoms with Gasteiger partial charge in [0.15, 0.2) is 5.82 Å². The molecule has 3 heterocycles. The summed E-state index contributed by atoms with van der Waals surface area (Å²) < 4.78 is 51.0. The summed E-state index contributed by atoms with van der Waals surface area (Å²) >= 11 is 0. The molecule has 0 radical (unpaired) electrons. The molecule has 0 bridgehead atoms. The van der Waals surface area contributed by atoms with Gasteiger partial charge in [-0.15, -0.1) is 0 Å². The smallest absolute Gasteiger partial charge is 0.472 e. The molecule has 1 aliphatic heterocycles. The summed E-state index contributed by atoms with van der Waals surface area (Å²) in [6.45, 7) is 0.884. The minimum absolute atomic E-state index is 0.117. The maximum absolute atomic E-state index is 14.4. The van der Waals surface area contributed by atoms with Crippen LogP contribution in [-0.2, 0) is 18.3 Å². The number of hydrogen-bond acceptors (Lipinski definition) is 12. The van der Waals surface area contributed by atoms with Crippen LogP contribution >= 0.6 is 7.82 Å². The Bertz CT molecular complexity index is 1790. The first-order chi connectivity index (χ1) is 27.0. The Morgan fingerprint density at radius 2 is 1.55 bits per heavy atom. The molecule has 1 aromatic carbocycles. The van der Waals surface area contributed by atoms with Crippen LogP contribution in [0.5, 0.6) is 5.75 Å². The highest BCUT2D eigenvalue weighted by atomic mass is 31.2. The number of aliphatic hydroxyl groups is 2. The van der Waals surface area contributed by atoms with Crippen LogP contribution in [0.4, 0.5) is 10.2 Å². The zero-order valence-electron chi connectivity index (χ0n) is 32.4. The van der Waals surface area contributed by atoms with Crippen LogP contribution < -0.4 is 10.5 Å². The van der Waals surface area contributed by atoms with Crippen LogP contribution in [-0.4, -0.2) is 66.8 Å². The highest BCUT2D eigenvalue weighted by Gasteiger charge is 2.57. The molecule has 0 saturated carbocycles. The van der Waals surface area contributed by atoms with Crippen molar-refractivity contribution in [3.63, 3.8) is 0 Å². The fourth-order valence-corrected chi connectivity index (χ4v) is 7.78. The molecule has 6 atom stereocenters. The fourth-order valence-electron chi connectivity index (χ4n) is 6.99. The number of anilines is 1. The van der Waals surface area contributed by atoms with Gasteiger partial charge in [0.25, 0.3) is 0 Å². The lowest BCUT2D eigenvalue weighted by molar-refractivity contribution is -0.0750. The molecular formula is C40H58FN6O8P. The van der Waals surface area contributed by atoms with Crippen molar-refractivity contribution in [3.8, 4) is 17.9 Å². The SMILES string of the molecule is CCCCCCCCCCCCCCCCCCC[C@H](COP(=O)(O)OC[C@@]1(C#N)O[C@@H](c2ccc3c(N)ncnn23)[C@H](O)[C@@H]1O)Oc1ccc(C#N)c(F)c1. The number of unbranched alkanes of at least 4 members (excludes halogenated alkanes) is 16. The van der Waals surface area contributed by atoms with E-state index in [4.69, 9.17) is 29.5 Å². The number of nitrogens with zero attached hydrogens (tertiary/aromatic N) is 5. The number of aliphatic hydroxyl groups excluding tert-OH is 2. The number of phosphoric acid groups is 1. The van der Waals surface area contributed by atoms with Gasteiger partial charge in [0.1, 0.15) is 66.6 Å². The molecule has 308 valence electrons. The molecule has 1 unspecified atom stereocenters. The molecule has 1 fully saturated rings. The minimum atomic E-state index is -4.89. The number of nitriles is 2. The maximum atomic E-state index is 14.4. The minimum Gasteiger partial charge on any atom is -0.488 e. The van der Waals surface area contributed by atoms with Gasteiger partial charge >= 0.3 is 7.82 Å². The Morgan fingerprint density at radius 1 is 0.946 bits per heavy atom. The van der Waals surface area contributed by atoms with Gasteiger partial charge in [-0.3, -0.25) is 9.05 Å². The fraction of sp³-hybridized carbons (Fsp3) is 0.650. The summed E-state index contributed by atoms with van der Waals surface area (Å²) in [6.07, 6.45) is 16.8. The predicted molar refractivity (Wildman–Crippen MR) is 208 cm³/mol. The molecule has 3 aromatic rings. The monoisotopic (exact) mass is 800 g/mol. The lowest BCUT2D eigenvalue weighted by Crippen LogP contribution is -2.45. The number of rotatable bonds is 27. The second kappa shape index (κ2) is 22.9. The van der Waals surface area contributed by atoms with Crippen molar-refractivity contribution in [2.24, 2.45) is 0 Å². The molecule has 14 nitrogen and oxygen atoms in total. The number of benzene rings is 1. The average Bonchev–Trinajstić information content (AvgIpc) is 3.73. The third-order valence-corrected chi connectivity index (χ3v) is 11.2. The lowest BCUT2D eigenvalue weighted by atomic mass is 9.96. The Balaban J connectivity index is 1.23. The van der Waals surface area contributed by atoms with E-state index in [-0.39, 0.29) is 22.8 Å². The second-order valence-corrected chi connectivity index (χ2v) is 16.1. The molecular weight excluding hydrogens is 742 g/mol. The summed E-state index contributed by atoms with van der Waals surface area (Å²) in [5.41, 5.74) is 4.16. The highest BCUT2D eigenvalue weighted by Crippen LogP contribution is 2.48. The molecule has 56 heavy (non-hydrogen) atoms. The van der Waals surface area contributed by atoms with E-state index in [2.05, 4.69) is 17.0 Å². The van der Waals surface area contributed by atoms with E-state index in [1.165, 1.54) is 113 Å². The van der Waals surface area contributed by atoms with E-state index in [0.29, 0.717) is 18.4 Å². The third-order valence-electron chi connectivity index (χ3n) is 10.3. The number of nitrogen functional groups attached to an aromatic ring is 1. The van der Waals surface area contributed by atoms with E-state index in [1.54, 1.807) is 18.2 Å². The number of fused-ring (bicyclic) bond motifs is 1. The van der Waals surface area contributed by atoms with Gasteiger partial charge in [-0.1, -0.05) is 110 Å². The Hall–Kier alpha value is -3.66. The molecule has 2 aromatic heterocycles. The van der Waals surface area contributed by atoms with E-state index >= 15 is 0 Å². The van der Waals surface area contributed by atoms with Gasteiger partial charge in [-0.2, -0.15) is 15.6 Å². The van der Waals surface area contributed by atoms with Gasteiger partial charge in [-0.25, -0.2) is 18.5 Å². The summed E-state index contributed by atoms with van der Waals surface area (Å²) in [7, 11) is -4.89. The molecule has 16 heteroatoms. The van der Waals surface area contributed by atoms with Crippen molar-refractivity contribution >= 4 is 19.2 Å². The molecule has 0 spiro atoms. The normalized spacial score (nSPS) is 21.1. The first-order valence-electron chi connectivity index (χ1n) is 20.1. The summed E-state index contributed by atoms with van der Waals surface area (Å²) in [5.74, 6) is -0.490. The highest BCUT2D eigenvalue weighted by molar-refractivity contribution is 7.47. The second-order valence-electron chi connectivity index (χ2n) is 14.7. The first-order valence-corrected chi connectivity index (χ1v) is 21.5. The van der Waals surface area contributed by atoms with E-state index in [1.807, 2.05) is 0 Å². The van der Waals surface area contributed by atoms with Crippen molar-refractivity contribution in [2.75, 3.05) is 18.9 Å². The average molecular weight is 801 g/mol. The van der Waals surface area contributed by atoms with Crippen LogP contribution in [0.3, 0.4) is 0 Å². The maximum Gasteiger partial charge on any atom is 0.472 e. The van der Waals surface area contributed by atoms with Crippen molar-refractivity contribution in [2.45, 2.75) is 153 Å². The molecule has 0 amide bonds. The van der Waals surface area contributed by atoms with E-state index in [9.17, 15) is 29.3 Å². The number of aromatic nitrogens is 3. The van der Waals surface area contributed by atoms with Gasteiger partial charge in [0.2, 0.25) is 5.60 Å². The summed E-state index contributed by atoms with van der Waals surface area (Å²) in [6, 6.07) is 10.4. The number of hydrogen-bond donors (Lipinski definition) is 4. The van der Waals surface area contributed by atoms with Crippen LogP contribution in [0, 0.1) is 28.5 Å². The molecule has 4 rings (SSSR count). The van der Waals surface area contributed by atoms with E-state index < -0.39 is 56.9 Å². The van der Waals surface area contributed by atoms with Crippen molar-refractivity contribution < 1.29 is 42.6 Å². The summed E-state index contributed by atoms with van der Waals surface area (Å²) in [5, 5.41) is 45.0. The quantitative estimate of drug-likeness (QED) is 0.0425. The molecule has 1 saturated heterocycles. The lowest BCUT2D eigenvalue weighted by Gasteiger charge is -2.26. The Labute approximate surface area is 329 Å². The first kappa shape index (κ1) is 45.0. The standard InChI is InChI=1S/C40H58FN6O8P/c1-2-3-4-5-6-7-8-9-10-11-12-13-14-15-16-17-18-19-32(54-31-21-20-30(25-42)33(41)24-31)26-52-56(50,51)53-28-40(27-43)38(49)36(48)37(55-40)34-22-23-35-39(44)45-29-46-47(34)35/h20-24,29,32,36-38,48-49H,2-19,26,28H2,1H3,(H,50,51)(H2,44,45,46)/t32-,36+,37+,38+,40-/m1/s1. The third kappa shape index (κ3) is 13.2. The largest absolute Gasteiger partial charge is 0.488 e. The molecule has 1 aliphatic rings. The van der Waals surface area contributed by atoms with E-state index in [0.717, 1.165) is 25.3 Å². The van der Waals surface area contributed by atoms with Crippen LogP contribution in [0.1, 0.15) is 140 Å². The number of halogens is 1. The number of phosphoric ester groups is 1. The number of nitrogens with two attached hydrogens (primary N) is 1. The summed E-state index contributed by atoms with van der Waals surface area (Å²) in [4.78, 5) is 14.5. The topological polar surface area (TPSA) is 218 Å². The Morgan fingerprint density at radius 3 is 2.12 bits per heavy atom. The van der Waals surface area contributed by atoms with Crippen molar-refractivity contribution in [3.05, 3.63) is 53.7 Å². The van der Waals surface area contributed by atoms with Gasteiger partial charge in [0.05, 0.1) is 17.9 Å².